The molecule has 0 aliphatic rings. The van der Waals surface area contributed by atoms with Crippen LogP contribution in [0.5, 0.6) is 0 Å². The fourth-order valence-electron chi connectivity index (χ4n) is 0.326. The molecule has 0 saturated heterocycles. The summed E-state index contributed by atoms with van der Waals surface area (Å²) in [4.78, 5) is 9.59. The molecule has 0 aromatic carbocycles. The van der Waals surface area contributed by atoms with Crippen LogP contribution in [-0.4, -0.2) is 13.1 Å². The third-order valence-corrected chi connectivity index (χ3v) is 0.963. The molecule has 0 aromatic rings. The first kappa shape index (κ1) is 13.5. The van der Waals surface area contributed by atoms with Crippen molar-refractivity contribution in [2.24, 2.45) is 0 Å². The minimum atomic E-state index is -0.245. The number of hydrogen-bond acceptors (Lipinski definition) is 2. The average molecular weight is 170 g/mol. The largest absolute Gasteiger partial charge is 0.469 e. The van der Waals surface area contributed by atoms with Gasteiger partial charge in [0.05, 0.1) is 7.11 Å². The molecule has 0 radical (unpaired) electrons. The number of esters is 1. The van der Waals surface area contributed by atoms with Crippen molar-refractivity contribution in [3.05, 3.63) is 24.3 Å². The predicted molar refractivity (Wildman–Crippen MR) is 51.9 cm³/mol. The Morgan fingerprint density at radius 1 is 1.42 bits per heavy atom. The van der Waals surface area contributed by atoms with E-state index >= 15 is 0 Å². The van der Waals surface area contributed by atoms with Gasteiger partial charge in [-0.05, 0) is 13.3 Å². The Kier molecular flexibility index (Phi) is 14.2. The van der Waals surface area contributed by atoms with Gasteiger partial charge in [0.2, 0.25) is 0 Å². The van der Waals surface area contributed by atoms with Crippen LogP contribution in [-0.2, 0) is 9.53 Å². The van der Waals surface area contributed by atoms with E-state index in [9.17, 15) is 4.79 Å². The zero-order valence-electron chi connectivity index (χ0n) is 8.33. The summed E-state index contributed by atoms with van der Waals surface area (Å²) in [6.45, 7) is 5.50. The van der Waals surface area contributed by atoms with Crippen molar-refractivity contribution >= 4 is 5.97 Å². The lowest BCUT2D eigenvalue weighted by Gasteiger charge is -1.80. The quantitative estimate of drug-likeness (QED) is 0.470. The van der Waals surface area contributed by atoms with E-state index in [1.165, 1.54) is 14.0 Å². The second-order valence-corrected chi connectivity index (χ2v) is 2.06. The molecule has 0 saturated carbocycles. The van der Waals surface area contributed by atoms with Gasteiger partial charge in [0.1, 0.15) is 0 Å². The van der Waals surface area contributed by atoms with E-state index in [-0.39, 0.29) is 5.97 Å². The summed E-state index contributed by atoms with van der Waals surface area (Å²) in [5.41, 5.74) is 0. The monoisotopic (exact) mass is 170 g/mol. The lowest BCUT2D eigenvalue weighted by atomic mass is 10.4. The summed E-state index contributed by atoms with van der Waals surface area (Å²) in [5, 5.41) is 0. The summed E-state index contributed by atoms with van der Waals surface area (Å²) >= 11 is 0. The number of carbonyl (C=O) groups excluding carboxylic acids is 1. The maximum absolute atomic E-state index is 9.59. The lowest BCUT2D eigenvalue weighted by molar-refractivity contribution is -0.137. The Morgan fingerprint density at radius 2 is 1.92 bits per heavy atom. The highest BCUT2D eigenvalue weighted by molar-refractivity contribution is 5.65. The highest BCUT2D eigenvalue weighted by atomic mass is 16.5. The van der Waals surface area contributed by atoms with E-state index in [0.717, 1.165) is 6.42 Å². The van der Waals surface area contributed by atoms with E-state index in [1.54, 1.807) is 0 Å². The number of carbonyl (C=O) groups is 1. The Hall–Kier alpha value is -1.05. The number of methoxy groups -OCH3 is 1. The molecule has 0 aliphatic carbocycles. The molecule has 0 heterocycles. The molecular formula is C10H18O2. The zero-order chi connectivity index (χ0) is 9.82. The first-order chi connectivity index (χ1) is 5.68. The topological polar surface area (TPSA) is 26.3 Å². The molecule has 0 bridgehead atoms. The summed E-state index contributed by atoms with van der Waals surface area (Å²) in [7, 11) is 1.35. The molecule has 12 heavy (non-hydrogen) atoms. The molecule has 2 heteroatoms. The van der Waals surface area contributed by atoms with Crippen LogP contribution in [0.1, 0.15) is 27.2 Å². The Morgan fingerprint density at radius 3 is 2.17 bits per heavy atom. The maximum Gasteiger partial charge on any atom is 0.302 e. The van der Waals surface area contributed by atoms with Crippen LogP contribution in [0.25, 0.3) is 0 Å². The molecule has 70 valence electrons. The molecule has 0 amide bonds. The maximum atomic E-state index is 9.59. The first-order valence-electron chi connectivity index (χ1n) is 4.01. The number of ether oxygens (including phenoxy) is 1. The number of allylic oxidation sites excluding steroid dienone is 4. The van der Waals surface area contributed by atoms with E-state index in [1.807, 2.05) is 19.1 Å². The minimum absolute atomic E-state index is 0.245. The molecule has 0 N–H and O–H groups in total. The molecule has 0 unspecified atom stereocenters. The molecule has 0 aromatic heterocycles. The van der Waals surface area contributed by atoms with Gasteiger partial charge in [-0.1, -0.05) is 31.2 Å². The molecule has 0 atom stereocenters. The van der Waals surface area contributed by atoms with Crippen molar-refractivity contribution in [2.75, 3.05) is 7.11 Å². The first-order valence-corrected chi connectivity index (χ1v) is 4.01. The average Bonchev–Trinajstić information content (AvgIpc) is 2.07. The van der Waals surface area contributed by atoms with Crippen molar-refractivity contribution in [3.63, 3.8) is 0 Å². The van der Waals surface area contributed by atoms with Gasteiger partial charge in [-0.25, -0.2) is 0 Å². The fourth-order valence-corrected chi connectivity index (χ4v) is 0.326. The normalized spacial score (nSPS) is 9.67. The molecule has 0 rings (SSSR count). The second kappa shape index (κ2) is 12.6. The van der Waals surface area contributed by atoms with Gasteiger partial charge in [-0.2, -0.15) is 0 Å². The van der Waals surface area contributed by atoms with Gasteiger partial charge >= 0.3 is 5.97 Å². The predicted octanol–water partition coefficient (Wildman–Crippen LogP) is 2.71. The second-order valence-electron chi connectivity index (χ2n) is 2.06. The molecule has 0 fully saturated rings. The molecular weight excluding hydrogens is 152 g/mol. The fraction of sp³-hybridized carbons (Fsp3) is 0.500. The van der Waals surface area contributed by atoms with E-state index in [2.05, 4.69) is 23.8 Å². The highest BCUT2D eigenvalue weighted by Crippen LogP contribution is 1.79. The SMILES string of the molecule is C/C=C\C=C/CC.COC(C)=O. The molecule has 0 spiro atoms. The van der Waals surface area contributed by atoms with Crippen molar-refractivity contribution in [2.45, 2.75) is 27.2 Å². The Labute approximate surface area is 74.9 Å². The third-order valence-electron chi connectivity index (χ3n) is 0.963. The van der Waals surface area contributed by atoms with E-state index < -0.39 is 0 Å². The smallest absolute Gasteiger partial charge is 0.302 e. The van der Waals surface area contributed by atoms with Gasteiger partial charge in [0, 0.05) is 6.92 Å². The molecule has 0 aliphatic heterocycles. The summed E-state index contributed by atoms with van der Waals surface area (Å²) in [6, 6.07) is 0. The van der Waals surface area contributed by atoms with Crippen LogP contribution in [0.4, 0.5) is 0 Å². The summed E-state index contributed by atoms with van der Waals surface area (Å²) in [5.74, 6) is -0.245. The van der Waals surface area contributed by atoms with E-state index in [4.69, 9.17) is 0 Å². The van der Waals surface area contributed by atoms with Crippen LogP contribution in [0.15, 0.2) is 24.3 Å². The van der Waals surface area contributed by atoms with Crippen LogP contribution < -0.4 is 0 Å². The summed E-state index contributed by atoms with van der Waals surface area (Å²) < 4.78 is 4.11. The van der Waals surface area contributed by atoms with Crippen LogP contribution >= 0.6 is 0 Å². The van der Waals surface area contributed by atoms with Crippen LogP contribution in [0.3, 0.4) is 0 Å². The summed E-state index contributed by atoms with van der Waals surface area (Å²) in [6.07, 6.45) is 9.36. The van der Waals surface area contributed by atoms with Gasteiger partial charge in [-0.15, -0.1) is 0 Å². The standard InChI is InChI=1S/C7H12.C3H6O2/c1-3-5-7-6-4-2;1-3(4)5-2/h3,5-7H,4H2,1-2H3;1-2H3/b5-3-,7-6-;. The van der Waals surface area contributed by atoms with Gasteiger partial charge in [0.25, 0.3) is 0 Å². The minimum Gasteiger partial charge on any atom is -0.469 e. The van der Waals surface area contributed by atoms with Crippen molar-refractivity contribution < 1.29 is 9.53 Å². The number of rotatable bonds is 2. The Balaban J connectivity index is 0. The molecule has 2 nitrogen and oxygen atoms in total. The van der Waals surface area contributed by atoms with Crippen LogP contribution in [0.2, 0.25) is 0 Å². The highest BCUT2D eigenvalue weighted by Gasteiger charge is 1.75. The number of hydrogen-bond donors (Lipinski definition) is 0. The Bertz CT molecular complexity index is 146. The lowest BCUT2D eigenvalue weighted by Crippen LogP contribution is -1.88. The van der Waals surface area contributed by atoms with Crippen molar-refractivity contribution in [3.8, 4) is 0 Å². The van der Waals surface area contributed by atoms with Crippen LogP contribution in [0, 0.1) is 0 Å². The van der Waals surface area contributed by atoms with Crippen molar-refractivity contribution in [1.29, 1.82) is 0 Å². The van der Waals surface area contributed by atoms with Gasteiger partial charge in [0.15, 0.2) is 0 Å². The van der Waals surface area contributed by atoms with Gasteiger partial charge in [-0.3, -0.25) is 4.79 Å². The van der Waals surface area contributed by atoms with Crippen molar-refractivity contribution in [1.82, 2.24) is 0 Å². The zero-order valence-corrected chi connectivity index (χ0v) is 8.33. The van der Waals surface area contributed by atoms with Gasteiger partial charge < -0.3 is 4.74 Å². The third kappa shape index (κ3) is 23.1. The van der Waals surface area contributed by atoms with E-state index in [0.29, 0.717) is 0 Å².